The molecule has 0 amide bonds. The Balaban J connectivity index is 2.86. The first-order valence-electron chi connectivity index (χ1n) is 3.51. The third kappa shape index (κ3) is 2.10. The van der Waals surface area contributed by atoms with Gasteiger partial charge in [-0.05, 0) is 45.0 Å². The van der Waals surface area contributed by atoms with Crippen molar-refractivity contribution in [1.82, 2.24) is 5.32 Å². The Bertz CT molecular complexity index is 238. The average Bonchev–Trinajstić information content (AvgIpc) is 2.35. The largest absolute Gasteiger partial charge is 0.451 e. The van der Waals surface area contributed by atoms with Crippen LogP contribution in [0.3, 0.4) is 0 Å². The fourth-order valence-electron chi connectivity index (χ4n) is 0.911. The molecule has 0 aliphatic heterocycles. The van der Waals surface area contributed by atoms with Gasteiger partial charge >= 0.3 is 0 Å². The average molecular weight is 298 g/mol. The van der Waals surface area contributed by atoms with E-state index >= 15 is 0 Å². The summed E-state index contributed by atoms with van der Waals surface area (Å²) in [7, 11) is 1.85. The lowest BCUT2D eigenvalue weighted by atomic mass is 10.2. The minimum Gasteiger partial charge on any atom is -0.451 e. The van der Waals surface area contributed by atoms with E-state index in [9.17, 15) is 0 Å². The maximum absolute atomic E-state index is 5.52. The molecule has 1 aromatic rings. The molecule has 0 fully saturated rings. The van der Waals surface area contributed by atoms with Gasteiger partial charge in [-0.1, -0.05) is 0 Å². The summed E-state index contributed by atoms with van der Waals surface area (Å²) in [4.78, 5) is 0. The van der Waals surface area contributed by atoms with Crippen molar-refractivity contribution < 1.29 is 4.42 Å². The van der Waals surface area contributed by atoms with Crippen LogP contribution < -0.4 is 11.1 Å². The summed E-state index contributed by atoms with van der Waals surface area (Å²) in [5.74, 6) is 0.832. The number of nitrogens with one attached hydrogen (secondary N) is 1. The van der Waals surface area contributed by atoms with Gasteiger partial charge in [0.15, 0.2) is 4.67 Å². The lowest BCUT2D eigenvalue weighted by Crippen LogP contribution is -2.24. The predicted octanol–water partition coefficient (Wildman–Crippen LogP) is 2.02. The molecule has 5 heteroatoms. The van der Waals surface area contributed by atoms with Gasteiger partial charge in [0.05, 0.1) is 10.5 Å². The molecule has 0 aromatic carbocycles. The third-order valence-corrected chi connectivity index (χ3v) is 3.30. The zero-order valence-electron chi connectivity index (χ0n) is 6.60. The van der Waals surface area contributed by atoms with E-state index in [4.69, 9.17) is 10.2 Å². The van der Waals surface area contributed by atoms with E-state index in [1.165, 1.54) is 0 Å². The maximum Gasteiger partial charge on any atom is 0.183 e. The summed E-state index contributed by atoms with van der Waals surface area (Å²) in [6.45, 7) is 0.517. The summed E-state index contributed by atoms with van der Waals surface area (Å²) in [5, 5.41) is 3.05. The van der Waals surface area contributed by atoms with Crippen LogP contribution in [-0.2, 0) is 0 Å². The lowest BCUT2D eigenvalue weighted by Gasteiger charge is -2.08. The molecule has 12 heavy (non-hydrogen) atoms. The van der Waals surface area contributed by atoms with Crippen LogP contribution in [0.25, 0.3) is 0 Å². The number of furan rings is 1. The standard InChI is InChI=1S/C7H10Br2N2O/c1-11-5(3-10)6-2-4(8)7(9)12-6/h2,5,11H,3,10H2,1H3. The second kappa shape index (κ2) is 4.41. The molecule has 0 saturated carbocycles. The molecular weight excluding hydrogens is 288 g/mol. The van der Waals surface area contributed by atoms with E-state index in [2.05, 4.69) is 37.2 Å². The number of hydrogen-bond acceptors (Lipinski definition) is 3. The summed E-state index contributed by atoms with van der Waals surface area (Å²) in [5.41, 5.74) is 5.52. The molecule has 68 valence electrons. The van der Waals surface area contributed by atoms with Crippen LogP contribution in [0.2, 0.25) is 0 Å². The molecule has 0 bridgehead atoms. The highest BCUT2D eigenvalue weighted by Crippen LogP contribution is 2.29. The Morgan fingerprint density at radius 1 is 1.67 bits per heavy atom. The molecule has 0 saturated heterocycles. The van der Waals surface area contributed by atoms with Crippen LogP contribution in [0.5, 0.6) is 0 Å². The molecule has 1 rings (SSSR count). The van der Waals surface area contributed by atoms with Gasteiger partial charge in [-0.15, -0.1) is 0 Å². The van der Waals surface area contributed by atoms with Crippen molar-refractivity contribution in [2.45, 2.75) is 6.04 Å². The van der Waals surface area contributed by atoms with Gasteiger partial charge in [0.25, 0.3) is 0 Å². The minimum atomic E-state index is 0.0765. The van der Waals surface area contributed by atoms with E-state index in [1.807, 2.05) is 13.1 Å². The van der Waals surface area contributed by atoms with E-state index in [1.54, 1.807) is 0 Å². The van der Waals surface area contributed by atoms with Gasteiger partial charge in [-0.3, -0.25) is 0 Å². The summed E-state index contributed by atoms with van der Waals surface area (Å²) in [6.07, 6.45) is 0. The molecule has 1 atom stereocenters. The Hall–Kier alpha value is 0.160. The van der Waals surface area contributed by atoms with Crippen LogP contribution in [0.4, 0.5) is 0 Å². The van der Waals surface area contributed by atoms with Crippen LogP contribution >= 0.6 is 31.9 Å². The monoisotopic (exact) mass is 296 g/mol. The van der Waals surface area contributed by atoms with Crippen molar-refractivity contribution in [2.24, 2.45) is 5.73 Å². The Kier molecular flexibility index (Phi) is 3.77. The van der Waals surface area contributed by atoms with Crippen LogP contribution in [-0.4, -0.2) is 13.6 Å². The van der Waals surface area contributed by atoms with E-state index < -0.39 is 0 Å². The van der Waals surface area contributed by atoms with E-state index in [-0.39, 0.29) is 6.04 Å². The SMILES string of the molecule is CNC(CN)c1cc(Br)c(Br)o1. The second-order valence-corrected chi connectivity index (χ2v) is 3.92. The quantitative estimate of drug-likeness (QED) is 0.897. The summed E-state index contributed by atoms with van der Waals surface area (Å²) in [6, 6.07) is 1.98. The highest BCUT2D eigenvalue weighted by Gasteiger charge is 2.13. The van der Waals surface area contributed by atoms with Crippen molar-refractivity contribution in [3.8, 4) is 0 Å². The Labute approximate surface area is 87.9 Å². The van der Waals surface area contributed by atoms with Crippen LogP contribution in [0.15, 0.2) is 19.6 Å². The molecule has 1 aromatic heterocycles. The number of halogens is 2. The van der Waals surface area contributed by atoms with Crippen LogP contribution in [0.1, 0.15) is 11.8 Å². The first-order valence-corrected chi connectivity index (χ1v) is 5.09. The Morgan fingerprint density at radius 3 is 2.67 bits per heavy atom. The third-order valence-electron chi connectivity index (χ3n) is 1.59. The van der Waals surface area contributed by atoms with E-state index in [0.717, 1.165) is 10.2 Å². The van der Waals surface area contributed by atoms with Gasteiger partial charge < -0.3 is 15.5 Å². The first-order chi connectivity index (χ1) is 5.69. The highest BCUT2D eigenvalue weighted by atomic mass is 79.9. The number of hydrogen-bond donors (Lipinski definition) is 2. The fourth-order valence-corrected chi connectivity index (χ4v) is 1.52. The second-order valence-electron chi connectivity index (χ2n) is 2.35. The number of rotatable bonds is 3. The first kappa shape index (κ1) is 10.2. The van der Waals surface area contributed by atoms with Gasteiger partial charge in [0.2, 0.25) is 0 Å². The smallest absolute Gasteiger partial charge is 0.183 e. The van der Waals surface area contributed by atoms with Gasteiger partial charge in [-0.2, -0.15) is 0 Å². The van der Waals surface area contributed by atoms with Gasteiger partial charge in [0, 0.05) is 6.54 Å². The maximum atomic E-state index is 5.52. The molecule has 0 aliphatic carbocycles. The zero-order chi connectivity index (χ0) is 9.14. The van der Waals surface area contributed by atoms with Gasteiger partial charge in [-0.25, -0.2) is 0 Å². The van der Waals surface area contributed by atoms with Crippen molar-refractivity contribution in [3.63, 3.8) is 0 Å². The molecule has 3 N–H and O–H groups in total. The van der Waals surface area contributed by atoms with Crippen molar-refractivity contribution in [3.05, 3.63) is 21.0 Å². The molecular formula is C7H10Br2N2O. The van der Waals surface area contributed by atoms with Gasteiger partial charge in [0.1, 0.15) is 5.76 Å². The Morgan fingerprint density at radius 2 is 2.33 bits per heavy atom. The molecule has 1 unspecified atom stereocenters. The zero-order valence-corrected chi connectivity index (χ0v) is 9.78. The molecule has 0 aliphatic rings. The fraction of sp³-hybridized carbons (Fsp3) is 0.429. The lowest BCUT2D eigenvalue weighted by molar-refractivity contribution is 0.422. The topological polar surface area (TPSA) is 51.2 Å². The molecule has 0 radical (unpaired) electrons. The van der Waals surface area contributed by atoms with Crippen molar-refractivity contribution >= 4 is 31.9 Å². The summed E-state index contributed by atoms with van der Waals surface area (Å²) < 4.78 is 6.99. The van der Waals surface area contributed by atoms with Crippen molar-refractivity contribution in [2.75, 3.05) is 13.6 Å². The predicted molar refractivity (Wildman–Crippen MR) is 55.0 cm³/mol. The van der Waals surface area contributed by atoms with E-state index in [0.29, 0.717) is 11.2 Å². The normalized spacial score (nSPS) is 13.3. The minimum absolute atomic E-state index is 0.0765. The molecule has 1 heterocycles. The van der Waals surface area contributed by atoms with Crippen molar-refractivity contribution in [1.29, 1.82) is 0 Å². The number of likely N-dealkylation sites (N-methyl/N-ethyl adjacent to an activating group) is 1. The summed E-state index contributed by atoms with van der Waals surface area (Å²) >= 11 is 6.59. The number of nitrogens with two attached hydrogens (primary N) is 1. The van der Waals surface area contributed by atoms with Crippen LogP contribution in [0, 0.1) is 0 Å². The highest BCUT2D eigenvalue weighted by molar-refractivity contribution is 9.13. The molecule has 3 nitrogen and oxygen atoms in total. The molecule has 0 spiro atoms.